The van der Waals surface area contributed by atoms with E-state index in [0.29, 0.717) is 11.8 Å². The van der Waals surface area contributed by atoms with Crippen molar-refractivity contribution in [3.05, 3.63) is 45.4 Å². The molecule has 3 rings (SSSR count). The van der Waals surface area contributed by atoms with Gasteiger partial charge in [0.15, 0.2) is 0 Å². The van der Waals surface area contributed by atoms with Crippen LogP contribution in [0.1, 0.15) is 27.1 Å². The zero-order valence-electron chi connectivity index (χ0n) is 8.69. The lowest BCUT2D eigenvalue weighted by atomic mass is 9.78. The lowest BCUT2D eigenvalue weighted by molar-refractivity contribution is 0.691. The van der Waals surface area contributed by atoms with Gasteiger partial charge in [0.25, 0.3) is 0 Å². The molecule has 2 aromatic rings. The molecule has 0 fully saturated rings. The standard InChI is InChI=1S/C12H11ClN2S/c13-6-5-11-14-15-12(16-11)10-7-8-3-1-2-4-9(8)10/h1-4,10H,5-7H2. The van der Waals surface area contributed by atoms with Crippen LogP contribution in [0.15, 0.2) is 24.3 Å². The van der Waals surface area contributed by atoms with Crippen molar-refractivity contribution < 1.29 is 0 Å². The van der Waals surface area contributed by atoms with E-state index in [2.05, 4.69) is 34.5 Å². The number of rotatable bonds is 3. The van der Waals surface area contributed by atoms with Crippen LogP contribution >= 0.6 is 22.9 Å². The number of hydrogen-bond donors (Lipinski definition) is 0. The molecular weight excluding hydrogens is 240 g/mol. The maximum atomic E-state index is 5.69. The number of halogens is 1. The zero-order chi connectivity index (χ0) is 11.0. The van der Waals surface area contributed by atoms with Crippen LogP contribution in [-0.4, -0.2) is 16.1 Å². The van der Waals surface area contributed by atoms with Gasteiger partial charge in [-0.25, -0.2) is 0 Å². The molecule has 1 aliphatic carbocycles. The third-order valence-electron chi connectivity index (χ3n) is 2.94. The lowest BCUT2D eigenvalue weighted by Gasteiger charge is -2.27. The molecule has 1 atom stereocenters. The van der Waals surface area contributed by atoms with Gasteiger partial charge in [-0.05, 0) is 17.5 Å². The van der Waals surface area contributed by atoms with Gasteiger partial charge in [0.05, 0.1) is 0 Å². The van der Waals surface area contributed by atoms with Crippen LogP contribution in [0.5, 0.6) is 0 Å². The second kappa shape index (κ2) is 4.15. The molecular formula is C12H11ClN2S. The summed E-state index contributed by atoms with van der Waals surface area (Å²) in [7, 11) is 0. The van der Waals surface area contributed by atoms with Gasteiger partial charge in [-0.2, -0.15) is 0 Å². The van der Waals surface area contributed by atoms with Crippen LogP contribution in [-0.2, 0) is 12.8 Å². The molecule has 2 nitrogen and oxygen atoms in total. The topological polar surface area (TPSA) is 25.8 Å². The van der Waals surface area contributed by atoms with Gasteiger partial charge >= 0.3 is 0 Å². The molecule has 0 spiro atoms. The molecule has 1 aliphatic rings. The first kappa shape index (κ1) is 10.2. The molecule has 1 unspecified atom stereocenters. The Morgan fingerprint density at radius 3 is 3.00 bits per heavy atom. The predicted molar refractivity (Wildman–Crippen MR) is 66.3 cm³/mol. The molecule has 0 saturated carbocycles. The Labute approximate surface area is 103 Å². The number of alkyl halides is 1. The Morgan fingerprint density at radius 2 is 2.19 bits per heavy atom. The minimum atomic E-state index is 0.470. The summed E-state index contributed by atoms with van der Waals surface area (Å²) in [4.78, 5) is 0. The Hall–Kier alpha value is -0.930. The van der Waals surface area contributed by atoms with E-state index >= 15 is 0 Å². The first-order valence-corrected chi connectivity index (χ1v) is 6.69. The number of aryl methyl sites for hydroxylation is 1. The van der Waals surface area contributed by atoms with Crippen LogP contribution in [0.25, 0.3) is 0 Å². The second-order valence-corrected chi connectivity index (χ2v) is 5.40. The summed E-state index contributed by atoms with van der Waals surface area (Å²) < 4.78 is 0. The van der Waals surface area contributed by atoms with Gasteiger partial charge in [0.2, 0.25) is 0 Å². The molecule has 0 amide bonds. The van der Waals surface area contributed by atoms with Crippen molar-refractivity contribution in [2.75, 3.05) is 5.88 Å². The second-order valence-electron chi connectivity index (χ2n) is 3.93. The smallest absolute Gasteiger partial charge is 0.125 e. The molecule has 0 saturated heterocycles. The summed E-state index contributed by atoms with van der Waals surface area (Å²) >= 11 is 7.39. The number of nitrogens with zero attached hydrogens (tertiary/aromatic N) is 2. The van der Waals surface area contributed by atoms with Crippen molar-refractivity contribution in [2.24, 2.45) is 0 Å². The number of fused-ring (bicyclic) bond motifs is 1. The van der Waals surface area contributed by atoms with Crippen molar-refractivity contribution >= 4 is 22.9 Å². The van der Waals surface area contributed by atoms with Gasteiger partial charge in [-0.15, -0.1) is 33.1 Å². The lowest BCUT2D eigenvalue weighted by Crippen LogP contribution is -2.17. The van der Waals surface area contributed by atoms with Crippen LogP contribution in [0, 0.1) is 0 Å². The van der Waals surface area contributed by atoms with Crippen molar-refractivity contribution in [2.45, 2.75) is 18.8 Å². The van der Waals surface area contributed by atoms with Crippen LogP contribution in [0.4, 0.5) is 0 Å². The highest BCUT2D eigenvalue weighted by molar-refractivity contribution is 7.11. The van der Waals surface area contributed by atoms with E-state index in [4.69, 9.17) is 11.6 Å². The van der Waals surface area contributed by atoms with E-state index in [1.54, 1.807) is 11.3 Å². The Kier molecular flexibility index (Phi) is 2.65. The van der Waals surface area contributed by atoms with Crippen LogP contribution in [0.2, 0.25) is 0 Å². The van der Waals surface area contributed by atoms with E-state index in [1.807, 2.05) is 0 Å². The minimum absolute atomic E-state index is 0.470. The monoisotopic (exact) mass is 250 g/mol. The first-order valence-electron chi connectivity index (χ1n) is 5.34. The van der Waals surface area contributed by atoms with Gasteiger partial charge in [-0.1, -0.05) is 24.3 Å². The third-order valence-corrected chi connectivity index (χ3v) is 4.23. The van der Waals surface area contributed by atoms with Gasteiger partial charge in [-0.3, -0.25) is 0 Å². The molecule has 0 N–H and O–H groups in total. The largest absolute Gasteiger partial charge is 0.143 e. The molecule has 1 aromatic carbocycles. The maximum Gasteiger partial charge on any atom is 0.125 e. The molecule has 1 heterocycles. The van der Waals surface area contributed by atoms with Gasteiger partial charge < -0.3 is 0 Å². The molecule has 82 valence electrons. The third kappa shape index (κ3) is 1.64. The fourth-order valence-corrected chi connectivity index (χ4v) is 3.32. The van der Waals surface area contributed by atoms with E-state index < -0.39 is 0 Å². The molecule has 0 radical (unpaired) electrons. The molecule has 1 aromatic heterocycles. The SMILES string of the molecule is ClCCc1nnc(C2Cc3ccccc32)s1. The quantitative estimate of drug-likeness (QED) is 0.783. The molecule has 0 aliphatic heterocycles. The van der Waals surface area contributed by atoms with Crippen molar-refractivity contribution in [1.29, 1.82) is 0 Å². The van der Waals surface area contributed by atoms with Gasteiger partial charge in [0, 0.05) is 18.2 Å². The zero-order valence-corrected chi connectivity index (χ0v) is 10.3. The van der Waals surface area contributed by atoms with Crippen molar-refractivity contribution in [1.82, 2.24) is 10.2 Å². The van der Waals surface area contributed by atoms with Gasteiger partial charge in [0.1, 0.15) is 10.0 Å². The normalized spacial score (nSPS) is 17.9. The molecule has 0 bridgehead atoms. The van der Waals surface area contributed by atoms with E-state index in [1.165, 1.54) is 11.1 Å². The highest BCUT2D eigenvalue weighted by Gasteiger charge is 2.29. The van der Waals surface area contributed by atoms with Crippen LogP contribution in [0.3, 0.4) is 0 Å². The Balaban J connectivity index is 1.85. The predicted octanol–water partition coefficient (Wildman–Crippen LogP) is 3.01. The van der Waals surface area contributed by atoms with E-state index in [0.717, 1.165) is 22.9 Å². The van der Waals surface area contributed by atoms with E-state index in [9.17, 15) is 0 Å². The highest BCUT2D eigenvalue weighted by Crippen LogP contribution is 2.40. The number of benzene rings is 1. The van der Waals surface area contributed by atoms with E-state index in [-0.39, 0.29) is 0 Å². The average Bonchev–Trinajstić information content (AvgIpc) is 2.69. The number of hydrogen-bond acceptors (Lipinski definition) is 3. The number of aromatic nitrogens is 2. The molecule has 4 heteroatoms. The van der Waals surface area contributed by atoms with Crippen molar-refractivity contribution in [3.63, 3.8) is 0 Å². The van der Waals surface area contributed by atoms with Crippen molar-refractivity contribution in [3.8, 4) is 0 Å². The molecule has 16 heavy (non-hydrogen) atoms. The highest BCUT2D eigenvalue weighted by atomic mass is 35.5. The Morgan fingerprint density at radius 1 is 1.31 bits per heavy atom. The van der Waals surface area contributed by atoms with Crippen LogP contribution < -0.4 is 0 Å². The summed E-state index contributed by atoms with van der Waals surface area (Å²) in [6.45, 7) is 0. The summed E-state index contributed by atoms with van der Waals surface area (Å²) in [6, 6.07) is 8.55. The summed E-state index contributed by atoms with van der Waals surface area (Å²) in [5.74, 6) is 1.09. The average molecular weight is 251 g/mol. The summed E-state index contributed by atoms with van der Waals surface area (Å²) in [5.41, 5.74) is 2.86. The Bertz CT molecular complexity index is 509. The summed E-state index contributed by atoms with van der Waals surface area (Å²) in [6.07, 6.45) is 1.93. The fraction of sp³-hybridized carbons (Fsp3) is 0.333. The minimum Gasteiger partial charge on any atom is -0.143 e. The first-order chi connectivity index (χ1) is 7.88. The summed E-state index contributed by atoms with van der Waals surface area (Å²) in [5, 5.41) is 10.6. The maximum absolute atomic E-state index is 5.69. The fourth-order valence-electron chi connectivity index (χ4n) is 2.07.